The quantitative estimate of drug-likeness (QED) is 0.211. The minimum Gasteiger partial charge on any atom is -0.370 e. The number of hydrogen-bond donors (Lipinski definition) is 3. The summed E-state index contributed by atoms with van der Waals surface area (Å²) < 4.78 is 0. The van der Waals surface area contributed by atoms with Gasteiger partial charge in [-0.15, -0.1) is 24.0 Å². The molecule has 1 amide bonds. The van der Waals surface area contributed by atoms with Crippen LogP contribution < -0.4 is 16.4 Å². The Hall–Kier alpha value is -1.31. The van der Waals surface area contributed by atoms with Crippen LogP contribution in [0.15, 0.2) is 35.3 Å². The molecule has 1 aromatic rings. The van der Waals surface area contributed by atoms with Gasteiger partial charge in [0.2, 0.25) is 0 Å². The maximum absolute atomic E-state index is 11.8. The van der Waals surface area contributed by atoms with Gasteiger partial charge < -0.3 is 16.4 Å². The lowest BCUT2D eigenvalue weighted by Gasteiger charge is -2.07. The fourth-order valence-corrected chi connectivity index (χ4v) is 2.21. The second kappa shape index (κ2) is 15.2. The lowest BCUT2D eigenvalue weighted by atomic mass is 10.1. The lowest BCUT2D eigenvalue weighted by molar-refractivity contribution is 0.0954. The summed E-state index contributed by atoms with van der Waals surface area (Å²) >= 11 is 0. The van der Waals surface area contributed by atoms with Gasteiger partial charge in [-0.2, -0.15) is 0 Å². The third-order valence-corrected chi connectivity index (χ3v) is 3.55. The highest BCUT2D eigenvalue weighted by atomic mass is 127. The minimum atomic E-state index is -0.0741. The van der Waals surface area contributed by atoms with E-state index in [4.69, 9.17) is 5.73 Å². The zero-order valence-corrected chi connectivity index (χ0v) is 16.9. The first-order valence-corrected chi connectivity index (χ1v) is 8.61. The van der Waals surface area contributed by atoms with E-state index < -0.39 is 0 Å². The van der Waals surface area contributed by atoms with Crippen LogP contribution in [0, 0.1) is 0 Å². The van der Waals surface area contributed by atoms with Crippen LogP contribution in [0.25, 0.3) is 0 Å². The van der Waals surface area contributed by atoms with Crippen LogP contribution in [0.4, 0.5) is 0 Å². The molecule has 0 aliphatic heterocycles. The Morgan fingerprint density at radius 1 is 1.00 bits per heavy atom. The highest BCUT2D eigenvalue weighted by Crippen LogP contribution is 2.04. The van der Waals surface area contributed by atoms with E-state index in [9.17, 15) is 4.79 Å². The minimum absolute atomic E-state index is 0. The number of nitrogens with one attached hydrogen (secondary N) is 2. The van der Waals surface area contributed by atoms with E-state index in [0.29, 0.717) is 24.6 Å². The molecule has 5 nitrogen and oxygen atoms in total. The number of carbonyl (C=O) groups excluding carboxylic acids is 1. The largest absolute Gasteiger partial charge is 0.370 e. The van der Waals surface area contributed by atoms with E-state index >= 15 is 0 Å². The molecule has 0 heterocycles. The summed E-state index contributed by atoms with van der Waals surface area (Å²) in [5.41, 5.74) is 6.45. The third-order valence-electron chi connectivity index (χ3n) is 3.55. The van der Waals surface area contributed by atoms with Crippen LogP contribution in [0.3, 0.4) is 0 Å². The molecular weight excluding hydrogens is 415 g/mol. The Morgan fingerprint density at radius 3 is 2.33 bits per heavy atom. The molecule has 0 aliphatic carbocycles. The zero-order chi connectivity index (χ0) is 16.8. The molecule has 1 rings (SSSR count). The Balaban J connectivity index is 0.00000529. The highest BCUT2D eigenvalue weighted by Gasteiger charge is 2.02. The Bertz CT molecular complexity index is 465. The van der Waals surface area contributed by atoms with Crippen molar-refractivity contribution in [2.24, 2.45) is 10.7 Å². The topological polar surface area (TPSA) is 79.5 Å². The van der Waals surface area contributed by atoms with Gasteiger partial charge in [0.15, 0.2) is 5.96 Å². The van der Waals surface area contributed by atoms with Crippen molar-refractivity contribution >= 4 is 35.8 Å². The predicted octanol–water partition coefficient (Wildman–Crippen LogP) is 3.30. The molecule has 0 fully saturated rings. The first-order chi connectivity index (χ1) is 11.2. The van der Waals surface area contributed by atoms with E-state index in [1.807, 2.05) is 18.2 Å². The summed E-state index contributed by atoms with van der Waals surface area (Å²) in [5.74, 6) is 0.377. The molecule has 0 aliphatic rings. The van der Waals surface area contributed by atoms with Gasteiger partial charge in [-0.1, -0.05) is 57.2 Å². The fraction of sp³-hybridized carbons (Fsp3) is 0.556. The molecule has 0 bridgehead atoms. The molecule has 0 spiro atoms. The van der Waals surface area contributed by atoms with Crippen molar-refractivity contribution in [2.75, 3.05) is 19.6 Å². The predicted molar refractivity (Wildman–Crippen MR) is 112 cm³/mol. The number of guanidine groups is 1. The molecule has 0 atom stereocenters. The summed E-state index contributed by atoms with van der Waals surface area (Å²) in [6.07, 6.45) is 7.48. The number of nitrogens with zero attached hydrogens (tertiary/aromatic N) is 1. The normalized spacial score (nSPS) is 10.8. The van der Waals surface area contributed by atoms with Gasteiger partial charge in [0.1, 0.15) is 0 Å². The van der Waals surface area contributed by atoms with Crippen molar-refractivity contribution in [1.29, 1.82) is 0 Å². The number of carbonyl (C=O) groups is 1. The number of unbranched alkanes of at least 4 members (excludes halogenated alkanes) is 5. The zero-order valence-electron chi connectivity index (χ0n) is 14.6. The number of amides is 1. The molecule has 0 saturated carbocycles. The SMILES string of the molecule is CCCCCCCCN=C(N)NCCNC(=O)c1ccccc1.I. The molecule has 24 heavy (non-hydrogen) atoms. The molecule has 4 N–H and O–H groups in total. The van der Waals surface area contributed by atoms with E-state index in [1.165, 1.54) is 32.1 Å². The number of rotatable bonds is 11. The van der Waals surface area contributed by atoms with Crippen LogP contribution in [0.2, 0.25) is 0 Å². The van der Waals surface area contributed by atoms with E-state index in [0.717, 1.165) is 13.0 Å². The van der Waals surface area contributed by atoms with Crippen LogP contribution >= 0.6 is 24.0 Å². The van der Waals surface area contributed by atoms with Crippen molar-refractivity contribution in [3.8, 4) is 0 Å². The van der Waals surface area contributed by atoms with Gasteiger partial charge in [-0.3, -0.25) is 9.79 Å². The smallest absolute Gasteiger partial charge is 0.251 e. The van der Waals surface area contributed by atoms with E-state index in [2.05, 4.69) is 22.5 Å². The van der Waals surface area contributed by atoms with Crippen LogP contribution in [-0.2, 0) is 0 Å². The summed E-state index contributed by atoms with van der Waals surface area (Å²) in [4.78, 5) is 16.1. The standard InChI is InChI=1S/C18H30N4O.HI/c1-2-3-4-5-6-10-13-21-18(19)22-15-14-20-17(23)16-11-8-7-9-12-16;/h7-9,11-12H,2-6,10,13-15H2,1H3,(H,20,23)(H3,19,21,22);1H. The molecule has 0 saturated heterocycles. The average molecular weight is 446 g/mol. The van der Waals surface area contributed by atoms with E-state index in [-0.39, 0.29) is 29.9 Å². The number of aliphatic imine (C=N–C) groups is 1. The maximum Gasteiger partial charge on any atom is 0.251 e. The lowest BCUT2D eigenvalue weighted by Crippen LogP contribution is -2.38. The third kappa shape index (κ3) is 11.3. The fourth-order valence-electron chi connectivity index (χ4n) is 2.21. The maximum atomic E-state index is 11.8. The van der Waals surface area contributed by atoms with Crippen molar-refractivity contribution < 1.29 is 4.79 Å². The van der Waals surface area contributed by atoms with Gasteiger partial charge in [0.25, 0.3) is 5.91 Å². The van der Waals surface area contributed by atoms with Gasteiger partial charge in [-0.05, 0) is 18.6 Å². The van der Waals surface area contributed by atoms with Crippen LogP contribution in [0.5, 0.6) is 0 Å². The van der Waals surface area contributed by atoms with Crippen molar-refractivity contribution in [3.05, 3.63) is 35.9 Å². The van der Waals surface area contributed by atoms with Gasteiger partial charge in [-0.25, -0.2) is 0 Å². The highest BCUT2D eigenvalue weighted by molar-refractivity contribution is 14.0. The first kappa shape index (κ1) is 22.7. The molecule has 1 aromatic carbocycles. The van der Waals surface area contributed by atoms with Crippen molar-refractivity contribution in [2.45, 2.75) is 45.4 Å². The van der Waals surface area contributed by atoms with Crippen molar-refractivity contribution in [3.63, 3.8) is 0 Å². The second-order valence-corrected chi connectivity index (χ2v) is 5.58. The Morgan fingerprint density at radius 2 is 1.62 bits per heavy atom. The Kier molecular flexibility index (Phi) is 14.4. The van der Waals surface area contributed by atoms with Crippen LogP contribution in [0.1, 0.15) is 55.8 Å². The van der Waals surface area contributed by atoms with Crippen LogP contribution in [-0.4, -0.2) is 31.5 Å². The van der Waals surface area contributed by atoms with E-state index in [1.54, 1.807) is 12.1 Å². The molecule has 0 radical (unpaired) electrons. The number of halogens is 1. The molecular formula is C18H31IN4O. The van der Waals surface area contributed by atoms with Crippen molar-refractivity contribution in [1.82, 2.24) is 10.6 Å². The summed E-state index contributed by atoms with van der Waals surface area (Å²) in [5, 5.41) is 5.85. The monoisotopic (exact) mass is 446 g/mol. The van der Waals surface area contributed by atoms with Gasteiger partial charge in [0, 0.05) is 25.2 Å². The number of nitrogens with two attached hydrogens (primary N) is 1. The molecule has 6 heteroatoms. The summed E-state index contributed by atoms with van der Waals surface area (Å²) in [6, 6.07) is 9.16. The van der Waals surface area contributed by atoms with Gasteiger partial charge in [0.05, 0.1) is 0 Å². The Labute approximate surface area is 162 Å². The molecule has 0 aromatic heterocycles. The number of hydrogen-bond acceptors (Lipinski definition) is 2. The summed E-state index contributed by atoms with van der Waals surface area (Å²) in [7, 11) is 0. The average Bonchev–Trinajstić information content (AvgIpc) is 2.58. The molecule has 136 valence electrons. The summed E-state index contributed by atoms with van der Waals surface area (Å²) in [6.45, 7) is 4.08. The number of benzene rings is 1. The van der Waals surface area contributed by atoms with Gasteiger partial charge >= 0.3 is 0 Å². The molecule has 0 unspecified atom stereocenters. The second-order valence-electron chi connectivity index (χ2n) is 5.58. The first-order valence-electron chi connectivity index (χ1n) is 8.61.